The molecule has 6 heteroatoms. The molecule has 0 saturated carbocycles. The third-order valence-electron chi connectivity index (χ3n) is 3.15. The summed E-state index contributed by atoms with van der Waals surface area (Å²) in [4.78, 5) is 16.6. The lowest BCUT2D eigenvalue weighted by molar-refractivity contribution is 0.0703. The summed E-state index contributed by atoms with van der Waals surface area (Å²) in [5.41, 5.74) is 7.14. The van der Waals surface area contributed by atoms with Crippen LogP contribution >= 0.6 is 11.3 Å². The minimum absolute atomic E-state index is 0.258. The van der Waals surface area contributed by atoms with Crippen LogP contribution < -0.4 is 10.5 Å². The van der Waals surface area contributed by atoms with Crippen molar-refractivity contribution in [1.82, 2.24) is 4.98 Å². The largest absolute Gasteiger partial charge is 0.497 e. The number of carboxylic acids is 1. The predicted molar refractivity (Wildman–Crippen MR) is 83.0 cm³/mol. The number of carbonyl (C=O) groups is 1. The van der Waals surface area contributed by atoms with Gasteiger partial charge in [-0.15, -0.1) is 11.3 Å². The standard InChI is InChI=1S/C15H12N2O3S/c1-20-9-4-2-8(3-5-9)12-10-6-7-11(16)17-14(10)21-13(12)15(18)19/h2-7H,1H3,(H2,16,17)(H,18,19). The summed E-state index contributed by atoms with van der Waals surface area (Å²) in [6, 6.07) is 10.8. The number of thiophene rings is 1. The van der Waals surface area contributed by atoms with Crippen molar-refractivity contribution in [3.63, 3.8) is 0 Å². The lowest BCUT2D eigenvalue weighted by Crippen LogP contribution is -1.94. The maximum absolute atomic E-state index is 11.5. The molecule has 5 nitrogen and oxygen atoms in total. The zero-order chi connectivity index (χ0) is 15.0. The highest BCUT2D eigenvalue weighted by atomic mass is 32.1. The number of pyridine rings is 1. The second kappa shape index (κ2) is 5.06. The highest BCUT2D eigenvalue weighted by molar-refractivity contribution is 7.21. The number of fused-ring (bicyclic) bond motifs is 1. The molecule has 0 saturated heterocycles. The van der Waals surface area contributed by atoms with Crippen molar-refractivity contribution < 1.29 is 14.6 Å². The third kappa shape index (κ3) is 2.30. The van der Waals surface area contributed by atoms with Gasteiger partial charge >= 0.3 is 5.97 Å². The van der Waals surface area contributed by atoms with Crippen LogP contribution in [0.15, 0.2) is 36.4 Å². The maximum atomic E-state index is 11.5. The summed E-state index contributed by atoms with van der Waals surface area (Å²) in [6.45, 7) is 0. The Morgan fingerprint density at radius 2 is 1.95 bits per heavy atom. The minimum atomic E-state index is -0.970. The summed E-state index contributed by atoms with van der Waals surface area (Å²) in [6.07, 6.45) is 0. The lowest BCUT2D eigenvalue weighted by atomic mass is 10.0. The van der Waals surface area contributed by atoms with Gasteiger partial charge in [-0.3, -0.25) is 0 Å². The predicted octanol–water partition coefficient (Wildman–Crippen LogP) is 3.25. The Hall–Kier alpha value is -2.60. The molecule has 1 aromatic carbocycles. The number of rotatable bonds is 3. The van der Waals surface area contributed by atoms with Gasteiger partial charge in [0.15, 0.2) is 0 Å². The van der Waals surface area contributed by atoms with E-state index in [0.717, 1.165) is 28.0 Å². The van der Waals surface area contributed by atoms with Gasteiger partial charge in [0.05, 0.1) is 7.11 Å². The lowest BCUT2D eigenvalue weighted by Gasteiger charge is -2.04. The Morgan fingerprint density at radius 1 is 1.24 bits per heavy atom. The topological polar surface area (TPSA) is 85.4 Å². The fraction of sp³-hybridized carbons (Fsp3) is 0.0667. The van der Waals surface area contributed by atoms with Crippen LogP contribution in [0, 0.1) is 0 Å². The number of nitrogens with two attached hydrogens (primary N) is 1. The molecule has 0 spiro atoms. The number of nitrogen functional groups attached to an aromatic ring is 1. The normalized spacial score (nSPS) is 10.7. The smallest absolute Gasteiger partial charge is 0.346 e. The summed E-state index contributed by atoms with van der Waals surface area (Å²) in [5.74, 6) is 0.127. The zero-order valence-electron chi connectivity index (χ0n) is 11.2. The van der Waals surface area contributed by atoms with E-state index >= 15 is 0 Å². The van der Waals surface area contributed by atoms with Gasteiger partial charge < -0.3 is 15.6 Å². The van der Waals surface area contributed by atoms with Gasteiger partial charge in [-0.25, -0.2) is 9.78 Å². The molecule has 0 fully saturated rings. The fourth-order valence-corrected chi connectivity index (χ4v) is 3.23. The monoisotopic (exact) mass is 300 g/mol. The van der Waals surface area contributed by atoms with E-state index in [9.17, 15) is 9.90 Å². The number of hydrogen-bond donors (Lipinski definition) is 2. The number of benzene rings is 1. The molecule has 0 amide bonds. The van der Waals surface area contributed by atoms with Gasteiger partial charge in [-0.1, -0.05) is 12.1 Å². The molecular weight excluding hydrogens is 288 g/mol. The number of carboxylic acid groups (broad SMARTS) is 1. The minimum Gasteiger partial charge on any atom is -0.497 e. The van der Waals surface area contributed by atoms with Crippen LogP contribution in [-0.4, -0.2) is 23.2 Å². The van der Waals surface area contributed by atoms with Gasteiger partial charge in [-0.05, 0) is 29.8 Å². The number of ether oxygens (including phenoxy) is 1. The van der Waals surface area contributed by atoms with Crippen molar-refractivity contribution in [3.8, 4) is 16.9 Å². The van der Waals surface area contributed by atoms with Crippen molar-refractivity contribution in [2.24, 2.45) is 0 Å². The van der Waals surface area contributed by atoms with Crippen LogP contribution in [0.2, 0.25) is 0 Å². The van der Waals surface area contributed by atoms with Crippen LogP contribution in [0.1, 0.15) is 9.67 Å². The SMILES string of the molecule is COc1ccc(-c2c(C(=O)O)sc3nc(N)ccc23)cc1. The molecule has 0 radical (unpaired) electrons. The Kier molecular flexibility index (Phi) is 3.23. The van der Waals surface area contributed by atoms with E-state index in [-0.39, 0.29) is 4.88 Å². The highest BCUT2D eigenvalue weighted by Crippen LogP contribution is 2.38. The molecule has 2 aromatic heterocycles. The Balaban J connectivity index is 2.27. The van der Waals surface area contributed by atoms with Crippen molar-refractivity contribution >= 4 is 33.3 Å². The number of aromatic nitrogens is 1. The van der Waals surface area contributed by atoms with Crippen molar-refractivity contribution in [2.45, 2.75) is 0 Å². The van der Waals surface area contributed by atoms with Crippen molar-refractivity contribution in [3.05, 3.63) is 41.3 Å². The van der Waals surface area contributed by atoms with Crippen LogP contribution in [0.5, 0.6) is 5.75 Å². The van der Waals surface area contributed by atoms with E-state index in [1.807, 2.05) is 12.1 Å². The molecule has 0 bridgehead atoms. The van der Waals surface area contributed by atoms with E-state index in [0.29, 0.717) is 16.2 Å². The van der Waals surface area contributed by atoms with Crippen LogP contribution in [0.3, 0.4) is 0 Å². The Labute approximate surface area is 124 Å². The van der Waals surface area contributed by atoms with E-state index in [4.69, 9.17) is 10.5 Å². The number of aromatic carboxylic acids is 1. The molecular formula is C15H12N2O3S. The second-order valence-electron chi connectivity index (χ2n) is 4.43. The number of anilines is 1. The average molecular weight is 300 g/mol. The van der Waals surface area contributed by atoms with Gasteiger partial charge in [0.2, 0.25) is 0 Å². The Bertz CT molecular complexity index is 825. The fourth-order valence-electron chi connectivity index (χ4n) is 2.19. The molecule has 106 valence electrons. The quantitative estimate of drug-likeness (QED) is 0.775. The molecule has 3 aromatic rings. The summed E-state index contributed by atoms with van der Waals surface area (Å²) >= 11 is 1.13. The molecule has 3 N–H and O–H groups in total. The molecule has 0 aliphatic rings. The molecule has 21 heavy (non-hydrogen) atoms. The van der Waals surface area contributed by atoms with Crippen molar-refractivity contribution in [1.29, 1.82) is 0 Å². The number of methoxy groups -OCH3 is 1. The number of nitrogens with zero attached hydrogens (tertiary/aromatic N) is 1. The number of hydrogen-bond acceptors (Lipinski definition) is 5. The molecule has 2 heterocycles. The van der Waals surface area contributed by atoms with E-state index < -0.39 is 5.97 Å². The first-order chi connectivity index (χ1) is 10.1. The Morgan fingerprint density at radius 3 is 2.57 bits per heavy atom. The average Bonchev–Trinajstić information content (AvgIpc) is 2.86. The van der Waals surface area contributed by atoms with Crippen molar-refractivity contribution in [2.75, 3.05) is 12.8 Å². The van der Waals surface area contributed by atoms with Crippen LogP contribution in [0.4, 0.5) is 5.82 Å². The second-order valence-corrected chi connectivity index (χ2v) is 5.43. The van der Waals surface area contributed by atoms with Crippen LogP contribution in [0.25, 0.3) is 21.3 Å². The summed E-state index contributed by atoms with van der Waals surface area (Å²) in [7, 11) is 1.59. The van der Waals surface area contributed by atoms with E-state index in [2.05, 4.69) is 4.98 Å². The first kappa shape index (κ1) is 13.4. The summed E-state index contributed by atoms with van der Waals surface area (Å²) < 4.78 is 5.12. The van der Waals surface area contributed by atoms with Gasteiger partial charge in [0, 0.05) is 10.9 Å². The van der Waals surface area contributed by atoms with E-state index in [1.165, 1.54) is 0 Å². The molecule has 0 aliphatic carbocycles. The zero-order valence-corrected chi connectivity index (χ0v) is 12.0. The van der Waals surface area contributed by atoms with Gasteiger partial charge in [0.1, 0.15) is 21.3 Å². The molecule has 0 unspecified atom stereocenters. The first-order valence-corrected chi connectivity index (χ1v) is 6.98. The van der Waals surface area contributed by atoms with Gasteiger partial charge in [-0.2, -0.15) is 0 Å². The molecule has 0 atom stereocenters. The summed E-state index contributed by atoms with van der Waals surface area (Å²) in [5, 5.41) is 10.2. The first-order valence-electron chi connectivity index (χ1n) is 6.17. The third-order valence-corrected chi connectivity index (χ3v) is 4.24. The highest BCUT2D eigenvalue weighted by Gasteiger charge is 2.20. The molecule has 0 aliphatic heterocycles. The van der Waals surface area contributed by atoms with E-state index in [1.54, 1.807) is 31.4 Å². The van der Waals surface area contributed by atoms with Crippen LogP contribution in [-0.2, 0) is 0 Å². The van der Waals surface area contributed by atoms with Gasteiger partial charge in [0.25, 0.3) is 0 Å². The maximum Gasteiger partial charge on any atom is 0.346 e. The molecule has 3 rings (SSSR count).